The molecule has 3 atom stereocenters. The summed E-state index contributed by atoms with van der Waals surface area (Å²) >= 11 is 0. The number of rotatable bonds is 5. The van der Waals surface area contributed by atoms with Gasteiger partial charge in [-0.3, -0.25) is 9.59 Å². The number of nitrogens with one attached hydrogen (secondary N) is 1. The summed E-state index contributed by atoms with van der Waals surface area (Å²) in [5.41, 5.74) is 0. The number of carbonyl (C=O) groups is 2. The molecule has 92 valence electrons. The van der Waals surface area contributed by atoms with Crippen LogP contribution < -0.4 is 5.32 Å². The van der Waals surface area contributed by atoms with Crippen molar-refractivity contribution < 1.29 is 19.4 Å². The van der Waals surface area contributed by atoms with Crippen LogP contribution in [0.15, 0.2) is 0 Å². The van der Waals surface area contributed by atoms with Crippen molar-refractivity contribution in [2.75, 3.05) is 13.2 Å². The van der Waals surface area contributed by atoms with Crippen molar-refractivity contribution >= 4 is 11.9 Å². The van der Waals surface area contributed by atoms with Gasteiger partial charge >= 0.3 is 5.97 Å². The van der Waals surface area contributed by atoms with Crippen LogP contribution in [0.3, 0.4) is 0 Å². The van der Waals surface area contributed by atoms with Crippen molar-refractivity contribution in [2.24, 2.45) is 11.8 Å². The molecule has 2 N–H and O–H groups in total. The molecule has 0 aromatic heterocycles. The summed E-state index contributed by atoms with van der Waals surface area (Å²) in [7, 11) is 0. The molecule has 1 heterocycles. The molecule has 16 heavy (non-hydrogen) atoms. The van der Waals surface area contributed by atoms with Crippen LogP contribution in [-0.2, 0) is 14.3 Å². The van der Waals surface area contributed by atoms with Crippen LogP contribution in [0.1, 0.15) is 26.7 Å². The fraction of sp³-hybridized carbons (Fsp3) is 0.818. The summed E-state index contributed by atoms with van der Waals surface area (Å²) in [6.07, 6.45) is 2.08. The third-order valence-electron chi connectivity index (χ3n) is 3.08. The molecule has 0 aromatic carbocycles. The Balaban J connectivity index is 2.30. The highest BCUT2D eigenvalue weighted by Gasteiger charge is 2.26. The van der Waals surface area contributed by atoms with E-state index in [4.69, 9.17) is 9.84 Å². The Morgan fingerprint density at radius 1 is 1.44 bits per heavy atom. The molecule has 1 aliphatic heterocycles. The molecular formula is C11H19NO4. The molecule has 5 nitrogen and oxygen atoms in total. The van der Waals surface area contributed by atoms with Gasteiger partial charge in [-0.15, -0.1) is 0 Å². The molecule has 1 amide bonds. The van der Waals surface area contributed by atoms with Crippen molar-refractivity contribution in [1.29, 1.82) is 0 Å². The summed E-state index contributed by atoms with van der Waals surface area (Å²) in [5, 5.41) is 11.5. The van der Waals surface area contributed by atoms with E-state index >= 15 is 0 Å². The van der Waals surface area contributed by atoms with E-state index in [0.29, 0.717) is 6.54 Å². The summed E-state index contributed by atoms with van der Waals surface area (Å²) in [6.45, 7) is 4.40. The summed E-state index contributed by atoms with van der Waals surface area (Å²) in [5.74, 6) is -2.34. The Labute approximate surface area is 95.2 Å². The van der Waals surface area contributed by atoms with E-state index in [1.54, 1.807) is 13.8 Å². The van der Waals surface area contributed by atoms with Gasteiger partial charge in [0.2, 0.25) is 5.91 Å². The van der Waals surface area contributed by atoms with Gasteiger partial charge < -0.3 is 15.2 Å². The number of carboxylic acids is 1. The van der Waals surface area contributed by atoms with Gasteiger partial charge in [-0.2, -0.15) is 0 Å². The van der Waals surface area contributed by atoms with Gasteiger partial charge in [0.25, 0.3) is 0 Å². The molecule has 0 aromatic rings. The van der Waals surface area contributed by atoms with E-state index in [9.17, 15) is 9.59 Å². The highest BCUT2D eigenvalue weighted by Crippen LogP contribution is 2.13. The topological polar surface area (TPSA) is 75.6 Å². The number of hydrogen-bond acceptors (Lipinski definition) is 3. The van der Waals surface area contributed by atoms with Crippen LogP contribution >= 0.6 is 0 Å². The number of ether oxygens (including phenoxy) is 1. The first-order valence-corrected chi connectivity index (χ1v) is 5.64. The quantitative estimate of drug-likeness (QED) is 0.725. The summed E-state index contributed by atoms with van der Waals surface area (Å²) < 4.78 is 5.36. The number of aliphatic carboxylic acids is 1. The Morgan fingerprint density at radius 2 is 2.12 bits per heavy atom. The molecule has 1 aliphatic rings. The predicted octanol–water partition coefficient (Wildman–Crippen LogP) is 0.638. The maximum absolute atomic E-state index is 11.6. The number of carboxylic acid groups (broad SMARTS) is 1. The highest BCUT2D eigenvalue weighted by molar-refractivity contribution is 5.84. The molecule has 0 saturated carbocycles. The average molecular weight is 229 g/mol. The first-order valence-electron chi connectivity index (χ1n) is 5.64. The maximum atomic E-state index is 11.6. The highest BCUT2D eigenvalue weighted by atomic mass is 16.5. The predicted molar refractivity (Wildman–Crippen MR) is 57.9 cm³/mol. The minimum Gasteiger partial charge on any atom is -0.481 e. The van der Waals surface area contributed by atoms with E-state index in [2.05, 4.69) is 5.32 Å². The van der Waals surface area contributed by atoms with Crippen molar-refractivity contribution in [3.05, 3.63) is 0 Å². The maximum Gasteiger partial charge on any atom is 0.307 e. The van der Waals surface area contributed by atoms with Crippen molar-refractivity contribution in [1.82, 2.24) is 5.32 Å². The number of hydrogen-bond donors (Lipinski definition) is 2. The zero-order chi connectivity index (χ0) is 12.1. The molecule has 0 aliphatic carbocycles. The van der Waals surface area contributed by atoms with Gasteiger partial charge in [0.05, 0.1) is 12.0 Å². The summed E-state index contributed by atoms with van der Waals surface area (Å²) in [4.78, 5) is 22.3. The molecule has 0 bridgehead atoms. The van der Waals surface area contributed by atoms with Gasteiger partial charge in [-0.25, -0.2) is 0 Å². The Kier molecular flexibility index (Phi) is 4.73. The van der Waals surface area contributed by atoms with E-state index in [1.807, 2.05) is 0 Å². The lowest BCUT2D eigenvalue weighted by molar-refractivity contribution is -0.146. The lowest BCUT2D eigenvalue weighted by atomic mass is 9.95. The van der Waals surface area contributed by atoms with Gasteiger partial charge in [0.15, 0.2) is 0 Å². The van der Waals surface area contributed by atoms with Crippen LogP contribution in [0.4, 0.5) is 0 Å². The SMILES string of the molecule is CC(C(=O)O)C(C)C(=O)NCC1CCCO1. The Hall–Kier alpha value is -1.10. The smallest absolute Gasteiger partial charge is 0.307 e. The second-order valence-corrected chi connectivity index (χ2v) is 4.30. The molecule has 1 fully saturated rings. The zero-order valence-electron chi connectivity index (χ0n) is 9.73. The van der Waals surface area contributed by atoms with Crippen LogP contribution in [-0.4, -0.2) is 36.2 Å². The Morgan fingerprint density at radius 3 is 2.62 bits per heavy atom. The first-order chi connectivity index (χ1) is 7.52. The number of carbonyl (C=O) groups excluding carboxylic acids is 1. The van der Waals surface area contributed by atoms with Gasteiger partial charge in [0.1, 0.15) is 0 Å². The summed E-state index contributed by atoms with van der Waals surface area (Å²) in [6, 6.07) is 0. The lowest BCUT2D eigenvalue weighted by Crippen LogP contribution is -2.38. The van der Waals surface area contributed by atoms with E-state index in [1.165, 1.54) is 0 Å². The molecule has 0 radical (unpaired) electrons. The monoisotopic (exact) mass is 229 g/mol. The van der Waals surface area contributed by atoms with Crippen LogP contribution in [0.25, 0.3) is 0 Å². The van der Waals surface area contributed by atoms with Crippen molar-refractivity contribution in [3.8, 4) is 0 Å². The van der Waals surface area contributed by atoms with Crippen LogP contribution in [0.2, 0.25) is 0 Å². The lowest BCUT2D eigenvalue weighted by Gasteiger charge is -2.17. The molecular weight excluding hydrogens is 210 g/mol. The first kappa shape index (κ1) is 13.0. The fourth-order valence-electron chi connectivity index (χ4n) is 1.62. The van der Waals surface area contributed by atoms with Crippen molar-refractivity contribution in [3.63, 3.8) is 0 Å². The third kappa shape index (κ3) is 3.48. The van der Waals surface area contributed by atoms with Crippen LogP contribution in [0.5, 0.6) is 0 Å². The molecule has 0 spiro atoms. The number of amides is 1. The standard InChI is InChI=1S/C11H19NO4/c1-7(8(2)11(14)15)10(13)12-6-9-4-3-5-16-9/h7-9H,3-6H2,1-2H3,(H,12,13)(H,14,15). The normalized spacial score (nSPS) is 23.8. The minimum absolute atomic E-state index is 0.0938. The third-order valence-corrected chi connectivity index (χ3v) is 3.08. The second-order valence-electron chi connectivity index (χ2n) is 4.30. The van der Waals surface area contributed by atoms with E-state index in [-0.39, 0.29) is 12.0 Å². The van der Waals surface area contributed by atoms with Gasteiger partial charge in [0, 0.05) is 19.1 Å². The molecule has 3 unspecified atom stereocenters. The fourth-order valence-corrected chi connectivity index (χ4v) is 1.62. The molecule has 1 rings (SSSR count). The largest absolute Gasteiger partial charge is 0.481 e. The zero-order valence-corrected chi connectivity index (χ0v) is 9.73. The van der Waals surface area contributed by atoms with Gasteiger partial charge in [-0.1, -0.05) is 13.8 Å². The minimum atomic E-state index is -0.945. The van der Waals surface area contributed by atoms with E-state index in [0.717, 1.165) is 19.4 Å². The van der Waals surface area contributed by atoms with E-state index < -0.39 is 17.8 Å². The van der Waals surface area contributed by atoms with Crippen molar-refractivity contribution in [2.45, 2.75) is 32.8 Å². The molecule has 5 heteroatoms. The van der Waals surface area contributed by atoms with Crippen LogP contribution in [0, 0.1) is 11.8 Å². The average Bonchev–Trinajstić information content (AvgIpc) is 2.76. The molecule has 1 saturated heterocycles. The Bertz CT molecular complexity index is 261. The second kappa shape index (κ2) is 5.84. The van der Waals surface area contributed by atoms with Gasteiger partial charge in [-0.05, 0) is 12.8 Å².